The molecule has 2 nitrogen and oxygen atoms in total. The molecule has 0 heterocycles. The molecule has 0 aliphatic carbocycles. The minimum Gasteiger partial charge on any atom is -0.374 e. The summed E-state index contributed by atoms with van der Waals surface area (Å²) in [5.74, 6) is 0. The van der Waals surface area contributed by atoms with Crippen LogP contribution in [0.3, 0.4) is 0 Å². The number of rotatable bonds is 2. The van der Waals surface area contributed by atoms with Gasteiger partial charge in [-0.15, -0.1) is 0 Å². The highest BCUT2D eigenvalue weighted by atomic mass is 79.9. The molecule has 0 saturated heterocycles. The maximum atomic E-state index is 12.1. The van der Waals surface area contributed by atoms with E-state index in [0.717, 1.165) is 0 Å². The Morgan fingerprint density at radius 3 is 1.93 bits per heavy atom. The van der Waals surface area contributed by atoms with Gasteiger partial charge in [0.25, 0.3) is 0 Å². The van der Waals surface area contributed by atoms with Crippen molar-refractivity contribution in [2.45, 2.75) is 32.5 Å². The third kappa shape index (κ3) is 5.41. The van der Waals surface area contributed by atoms with Crippen LogP contribution in [0, 0.1) is 5.41 Å². The van der Waals surface area contributed by atoms with Gasteiger partial charge in [-0.25, -0.2) is 0 Å². The van der Waals surface area contributed by atoms with Crippen molar-refractivity contribution in [3.05, 3.63) is 9.64 Å². The van der Waals surface area contributed by atoms with Gasteiger partial charge in [0.05, 0.1) is 4.61 Å². The minimum atomic E-state index is -4.74. The molecule has 0 aromatic heterocycles. The summed E-state index contributed by atoms with van der Waals surface area (Å²) in [7, 11) is 0. The third-order valence-electron chi connectivity index (χ3n) is 1.18. The van der Waals surface area contributed by atoms with Crippen molar-refractivity contribution >= 4 is 33.2 Å². The van der Waals surface area contributed by atoms with E-state index in [9.17, 15) is 13.2 Å². The number of halogens is 5. The lowest BCUT2D eigenvalue weighted by Crippen LogP contribution is -2.35. The molecule has 0 radical (unpaired) electrons. The largest absolute Gasteiger partial charge is 0.434 e. The van der Waals surface area contributed by atoms with Gasteiger partial charge in [-0.05, 0) is 36.7 Å². The first-order valence-corrected chi connectivity index (χ1v) is 5.12. The molecular weight excluding hydrogens is 296 g/mol. The highest BCUT2D eigenvalue weighted by Gasteiger charge is 2.37. The number of nitrogens with one attached hydrogen (secondary N) is 2. The Morgan fingerprint density at radius 1 is 1.27 bits per heavy atom. The average molecular weight is 308 g/mol. The lowest BCUT2D eigenvalue weighted by Gasteiger charge is -2.22. The minimum absolute atomic E-state index is 0.0426. The number of hydrogen-bond donors (Lipinski definition) is 2. The first-order chi connectivity index (χ1) is 6.45. The molecule has 0 atom stereocenters. The number of allylic oxidation sites excluding steroid dienone is 1. The van der Waals surface area contributed by atoms with E-state index in [4.69, 9.17) is 17.0 Å². The van der Waals surface area contributed by atoms with E-state index in [0.29, 0.717) is 0 Å². The molecule has 88 valence electrons. The zero-order chi connectivity index (χ0) is 12.4. The lowest BCUT2D eigenvalue weighted by molar-refractivity contribution is -0.0586. The van der Waals surface area contributed by atoms with Crippen LogP contribution < -0.4 is 5.32 Å². The fourth-order valence-electron chi connectivity index (χ4n) is 0.618. The van der Waals surface area contributed by atoms with Crippen LogP contribution in [0.2, 0.25) is 0 Å². The van der Waals surface area contributed by atoms with Crippen molar-refractivity contribution < 1.29 is 13.2 Å². The zero-order valence-electron chi connectivity index (χ0n) is 8.39. The molecule has 0 bridgehead atoms. The van der Waals surface area contributed by atoms with Gasteiger partial charge in [0.2, 0.25) is 0 Å². The van der Waals surface area contributed by atoms with Gasteiger partial charge in [0.15, 0.2) is 5.71 Å². The smallest absolute Gasteiger partial charge is 0.374 e. The molecule has 0 aliphatic heterocycles. The Bertz CT molecular complexity index is 291. The first kappa shape index (κ1) is 14.8. The van der Waals surface area contributed by atoms with Gasteiger partial charge in [0, 0.05) is 5.54 Å². The normalized spacial score (nSPS) is 14.7. The van der Waals surface area contributed by atoms with Gasteiger partial charge in [-0.1, -0.05) is 11.6 Å². The Labute approximate surface area is 99.5 Å². The molecule has 0 unspecified atom stereocenters. The van der Waals surface area contributed by atoms with Crippen molar-refractivity contribution in [2.75, 3.05) is 0 Å². The fourth-order valence-corrected chi connectivity index (χ4v) is 1.57. The van der Waals surface area contributed by atoms with Crippen molar-refractivity contribution in [1.82, 2.24) is 5.32 Å². The SMILES string of the molecule is CC(C)(C)N/C(Br)=C(/Cl)C(=N)C(F)(F)F. The van der Waals surface area contributed by atoms with Gasteiger partial charge in [-0.3, -0.25) is 5.41 Å². The molecule has 0 spiro atoms. The second-order valence-electron chi connectivity index (χ2n) is 3.88. The summed E-state index contributed by atoms with van der Waals surface area (Å²) < 4.78 is 36.3. The molecule has 0 amide bonds. The molecular formula is C8H11BrClF3N2. The molecule has 0 aliphatic rings. The maximum Gasteiger partial charge on any atom is 0.434 e. The Hall–Kier alpha value is -0.230. The molecule has 2 N–H and O–H groups in total. The topological polar surface area (TPSA) is 35.9 Å². The first-order valence-electron chi connectivity index (χ1n) is 3.94. The maximum absolute atomic E-state index is 12.1. The summed E-state index contributed by atoms with van der Waals surface area (Å²) in [6.07, 6.45) is -4.74. The van der Waals surface area contributed by atoms with E-state index in [-0.39, 0.29) is 4.61 Å². The summed E-state index contributed by atoms with van der Waals surface area (Å²) >= 11 is 8.27. The second kappa shape index (κ2) is 4.74. The van der Waals surface area contributed by atoms with Crippen molar-refractivity contribution in [3.8, 4) is 0 Å². The number of hydrogen-bond acceptors (Lipinski definition) is 2. The molecule has 15 heavy (non-hydrogen) atoms. The van der Waals surface area contributed by atoms with Gasteiger partial charge in [-0.2, -0.15) is 13.2 Å². The van der Waals surface area contributed by atoms with Gasteiger partial charge >= 0.3 is 6.18 Å². The van der Waals surface area contributed by atoms with E-state index >= 15 is 0 Å². The van der Waals surface area contributed by atoms with Crippen LogP contribution in [0.4, 0.5) is 13.2 Å². The highest BCUT2D eigenvalue weighted by molar-refractivity contribution is 9.11. The summed E-state index contributed by atoms with van der Waals surface area (Å²) in [4.78, 5) is 0. The second-order valence-corrected chi connectivity index (χ2v) is 5.05. The zero-order valence-corrected chi connectivity index (χ0v) is 10.7. The quantitative estimate of drug-likeness (QED) is 0.591. The van der Waals surface area contributed by atoms with E-state index in [1.165, 1.54) is 0 Å². The van der Waals surface area contributed by atoms with Crippen molar-refractivity contribution in [1.29, 1.82) is 5.41 Å². The Balaban J connectivity index is 4.89. The van der Waals surface area contributed by atoms with Crippen LogP contribution in [0.25, 0.3) is 0 Å². The van der Waals surface area contributed by atoms with E-state index in [1.54, 1.807) is 20.8 Å². The average Bonchev–Trinajstić information content (AvgIpc) is 1.96. The lowest BCUT2D eigenvalue weighted by atomic mass is 10.1. The van der Waals surface area contributed by atoms with Gasteiger partial charge in [0.1, 0.15) is 5.03 Å². The molecule has 0 saturated carbocycles. The summed E-state index contributed by atoms with van der Waals surface area (Å²) in [5, 5.41) is 8.81. The van der Waals surface area contributed by atoms with Crippen LogP contribution in [0.5, 0.6) is 0 Å². The molecule has 0 aromatic carbocycles. The Kier molecular flexibility index (Phi) is 4.67. The van der Waals surface area contributed by atoms with Crippen LogP contribution in [-0.4, -0.2) is 17.4 Å². The predicted octanol–water partition coefficient (Wildman–Crippen LogP) is 3.76. The summed E-state index contributed by atoms with van der Waals surface area (Å²) in [6, 6.07) is 0. The van der Waals surface area contributed by atoms with Crippen LogP contribution in [0.15, 0.2) is 9.64 Å². The van der Waals surface area contributed by atoms with Crippen LogP contribution in [-0.2, 0) is 0 Å². The molecule has 0 rings (SSSR count). The van der Waals surface area contributed by atoms with Crippen molar-refractivity contribution in [3.63, 3.8) is 0 Å². The van der Waals surface area contributed by atoms with E-state index < -0.39 is 22.5 Å². The third-order valence-corrected chi connectivity index (χ3v) is 2.38. The highest BCUT2D eigenvalue weighted by Crippen LogP contribution is 2.27. The van der Waals surface area contributed by atoms with Crippen molar-refractivity contribution in [2.24, 2.45) is 0 Å². The predicted molar refractivity (Wildman–Crippen MR) is 58.5 cm³/mol. The number of alkyl halides is 3. The fraction of sp³-hybridized carbons (Fsp3) is 0.625. The van der Waals surface area contributed by atoms with E-state index in [1.807, 2.05) is 0 Å². The summed E-state index contributed by atoms with van der Waals surface area (Å²) in [6.45, 7) is 5.28. The molecule has 7 heteroatoms. The summed E-state index contributed by atoms with van der Waals surface area (Å²) in [5.41, 5.74) is -2.02. The van der Waals surface area contributed by atoms with Gasteiger partial charge < -0.3 is 5.32 Å². The standard InChI is InChI=1S/C8H11BrClF3N2/c1-7(2,3)15-6(9)4(10)5(14)8(11,12)13/h14-15H,1-3H3/b6-4+,14-5?. The molecule has 0 fully saturated rings. The monoisotopic (exact) mass is 306 g/mol. The van der Waals surface area contributed by atoms with Crippen LogP contribution >= 0.6 is 27.5 Å². The molecule has 0 aromatic rings. The Morgan fingerprint density at radius 2 is 1.67 bits per heavy atom. The van der Waals surface area contributed by atoms with Crippen LogP contribution in [0.1, 0.15) is 20.8 Å². The van der Waals surface area contributed by atoms with E-state index in [2.05, 4.69) is 21.2 Å².